The zero-order valence-corrected chi connectivity index (χ0v) is 11.2. The molecule has 3 N–H and O–H groups in total. The number of nitrogens with two attached hydrogens (primary N) is 1. The zero-order chi connectivity index (χ0) is 15.1. The standard InChI is InChI=1S/C13H17F2N3O2/c1-2-18(13(20)7-17-12(19)6-16)8-9-3-4-10(14)11(15)5-9/h3-5H,2,6-8,16H2,1H3,(H,17,19). The number of nitrogens with zero attached hydrogens (tertiary/aromatic N) is 1. The first-order valence-electron chi connectivity index (χ1n) is 6.16. The molecule has 0 heterocycles. The van der Waals surface area contributed by atoms with Gasteiger partial charge in [-0.1, -0.05) is 6.07 Å². The van der Waals surface area contributed by atoms with Gasteiger partial charge in [-0.15, -0.1) is 0 Å². The first-order chi connectivity index (χ1) is 9.47. The summed E-state index contributed by atoms with van der Waals surface area (Å²) >= 11 is 0. The van der Waals surface area contributed by atoms with Crippen LogP contribution in [0.3, 0.4) is 0 Å². The van der Waals surface area contributed by atoms with Crippen LogP contribution in [-0.2, 0) is 16.1 Å². The Bertz CT molecular complexity index is 495. The molecule has 7 heteroatoms. The number of hydrogen-bond acceptors (Lipinski definition) is 3. The molecule has 5 nitrogen and oxygen atoms in total. The number of halogens is 2. The van der Waals surface area contributed by atoms with Gasteiger partial charge >= 0.3 is 0 Å². The van der Waals surface area contributed by atoms with Crippen molar-refractivity contribution in [3.05, 3.63) is 35.4 Å². The Balaban J connectivity index is 2.63. The van der Waals surface area contributed by atoms with E-state index in [1.54, 1.807) is 6.92 Å². The molecule has 0 bridgehead atoms. The smallest absolute Gasteiger partial charge is 0.242 e. The van der Waals surface area contributed by atoms with Crippen LogP contribution in [0.25, 0.3) is 0 Å². The maximum Gasteiger partial charge on any atom is 0.242 e. The fourth-order valence-electron chi connectivity index (χ4n) is 1.59. The maximum absolute atomic E-state index is 13.1. The lowest BCUT2D eigenvalue weighted by Gasteiger charge is -2.21. The highest BCUT2D eigenvalue weighted by Crippen LogP contribution is 2.11. The molecule has 0 radical (unpaired) electrons. The molecule has 2 amide bonds. The lowest BCUT2D eigenvalue weighted by atomic mass is 10.2. The topological polar surface area (TPSA) is 75.4 Å². The van der Waals surface area contributed by atoms with Gasteiger partial charge in [0.2, 0.25) is 11.8 Å². The molecule has 0 aliphatic carbocycles. The maximum atomic E-state index is 13.1. The first kappa shape index (κ1) is 16.0. The van der Waals surface area contributed by atoms with E-state index < -0.39 is 17.5 Å². The zero-order valence-electron chi connectivity index (χ0n) is 11.2. The molecule has 1 rings (SSSR count). The van der Waals surface area contributed by atoms with E-state index in [4.69, 9.17) is 5.73 Å². The molecule has 0 unspecified atom stereocenters. The summed E-state index contributed by atoms with van der Waals surface area (Å²) in [6.45, 7) is 1.92. The minimum absolute atomic E-state index is 0.144. The third-order valence-corrected chi connectivity index (χ3v) is 2.71. The Morgan fingerprint density at radius 2 is 2.00 bits per heavy atom. The van der Waals surface area contributed by atoms with Crippen molar-refractivity contribution in [2.45, 2.75) is 13.5 Å². The summed E-state index contributed by atoms with van der Waals surface area (Å²) in [5.41, 5.74) is 5.58. The van der Waals surface area contributed by atoms with Crippen LogP contribution in [0.4, 0.5) is 8.78 Å². The summed E-state index contributed by atoms with van der Waals surface area (Å²) in [5.74, 6) is -2.64. The van der Waals surface area contributed by atoms with Gasteiger partial charge in [0.25, 0.3) is 0 Å². The van der Waals surface area contributed by atoms with Crippen LogP contribution in [-0.4, -0.2) is 36.3 Å². The molecular weight excluding hydrogens is 268 g/mol. The Labute approximate surface area is 115 Å². The second-order valence-corrected chi connectivity index (χ2v) is 4.14. The lowest BCUT2D eigenvalue weighted by Crippen LogP contribution is -2.41. The molecule has 0 fully saturated rings. The number of amides is 2. The highest BCUT2D eigenvalue weighted by molar-refractivity contribution is 5.85. The molecule has 1 aromatic rings. The van der Waals surface area contributed by atoms with Crippen LogP contribution in [0.1, 0.15) is 12.5 Å². The van der Waals surface area contributed by atoms with Crippen LogP contribution in [0.5, 0.6) is 0 Å². The first-order valence-corrected chi connectivity index (χ1v) is 6.16. The summed E-state index contributed by atoms with van der Waals surface area (Å²) in [7, 11) is 0. The fourth-order valence-corrected chi connectivity index (χ4v) is 1.59. The number of nitrogens with one attached hydrogen (secondary N) is 1. The van der Waals surface area contributed by atoms with E-state index in [-0.39, 0.29) is 25.5 Å². The molecule has 0 aliphatic heterocycles. The van der Waals surface area contributed by atoms with Gasteiger partial charge < -0.3 is 16.0 Å². The van der Waals surface area contributed by atoms with Crippen molar-refractivity contribution in [3.63, 3.8) is 0 Å². The highest BCUT2D eigenvalue weighted by atomic mass is 19.2. The van der Waals surface area contributed by atoms with Crippen molar-refractivity contribution in [1.82, 2.24) is 10.2 Å². The van der Waals surface area contributed by atoms with E-state index in [0.717, 1.165) is 12.1 Å². The lowest BCUT2D eigenvalue weighted by molar-refractivity contribution is -0.132. The normalized spacial score (nSPS) is 10.2. The molecular formula is C13H17F2N3O2. The van der Waals surface area contributed by atoms with Gasteiger partial charge in [-0.25, -0.2) is 8.78 Å². The van der Waals surface area contributed by atoms with E-state index in [1.165, 1.54) is 11.0 Å². The molecule has 0 saturated heterocycles. The number of carbonyl (C=O) groups is 2. The summed E-state index contributed by atoms with van der Waals surface area (Å²) < 4.78 is 25.9. The van der Waals surface area contributed by atoms with E-state index in [9.17, 15) is 18.4 Å². The molecule has 0 aromatic heterocycles. The third-order valence-electron chi connectivity index (χ3n) is 2.71. The summed E-state index contributed by atoms with van der Waals surface area (Å²) in [6.07, 6.45) is 0. The van der Waals surface area contributed by atoms with Gasteiger partial charge in [0, 0.05) is 13.1 Å². The van der Waals surface area contributed by atoms with Crippen molar-refractivity contribution in [1.29, 1.82) is 0 Å². The Morgan fingerprint density at radius 3 is 2.55 bits per heavy atom. The third kappa shape index (κ3) is 4.58. The van der Waals surface area contributed by atoms with Crippen LogP contribution >= 0.6 is 0 Å². The quantitative estimate of drug-likeness (QED) is 0.794. The number of carbonyl (C=O) groups excluding carboxylic acids is 2. The van der Waals surface area contributed by atoms with Gasteiger partial charge in [0.1, 0.15) is 0 Å². The van der Waals surface area contributed by atoms with Gasteiger partial charge in [0.15, 0.2) is 11.6 Å². The average Bonchev–Trinajstić information content (AvgIpc) is 2.45. The molecule has 0 saturated carbocycles. The molecule has 20 heavy (non-hydrogen) atoms. The van der Waals surface area contributed by atoms with Crippen LogP contribution in [0.15, 0.2) is 18.2 Å². The second-order valence-electron chi connectivity index (χ2n) is 4.14. The summed E-state index contributed by atoms with van der Waals surface area (Å²) in [6, 6.07) is 3.47. The van der Waals surface area contributed by atoms with E-state index >= 15 is 0 Å². The van der Waals surface area contributed by atoms with Gasteiger partial charge in [-0.2, -0.15) is 0 Å². The van der Waals surface area contributed by atoms with Crippen LogP contribution in [0.2, 0.25) is 0 Å². The molecule has 0 aliphatic rings. The van der Waals surface area contributed by atoms with Gasteiger partial charge in [0.05, 0.1) is 13.1 Å². The van der Waals surface area contributed by atoms with Crippen LogP contribution < -0.4 is 11.1 Å². The van der Waals surface area contributed by atoms with Crippen LogP contribution in [0, 0.1) is 11.6 Å². The van der Waals surface area contributed by atoms with E-state index in [1.807, 2.05) is 0 Å². The summed E-state index contributed by atoms with van der Waals surface area (Å²) in [4.78, 5) is 24.2. The largest absolute Gasteiger partial charge is 0.346 e. The number of rotatable bonds is 6. The van der Waals surface area contributed by atoms with Crippen molar-refractivity contribution < 1.29 is 18.4 Å². The minimum atomic E-state index is -0.956. The summed E-state index contributed by atoms with van der Waals surface area (Å²) in [5, 5.41) is 2.36. The monoisotopic (exact) mass is 285 g/mol. The van der Waals surface area contributed by atoms with Crippen molar-refractivity contribution in [2.75, 3.05) is 19.6 Å². The SMILES string of the molecule is CCN(Cc1ccc(F)c(F)c1)C(=O)CNC(=O)CN. The van der Waals surface area contributed by atoms with E-state index in [2.05, 4.69) is 5.32 Å². The predicted octanol–water partition coefficient (Wildman–Crippen LogP) is 0.388. The number of likely N-dealkylation sites (N-methyl/N-ethyl adjacent to an activating group) is 1. The Kier molecular flexibility index (Phi) is 6.05. The molecule has 0 atom stereocenters. The Hall–Kier alpha value is -2.02. The number of hydrogen-bond donors (Lipinski definition) is 2. The predicted molar refractivity (Wildman–Crippen MR) is 69.5 cm³/mol. The van der Waals surface area contributed by atoms with Crippen molar-refractivity contribution >= 4 is 11.8 Å². The average molecular weight is 285 g/mol. The molecule has 110 valence electrons. The van der Waals surface area contributed by atoms with Gasteiger partial charge in [-0.05, 0) is 24.6 Å². The Morgan fingerprint density at radius 1 is 1.30 bits per heavy atom. The van der Waals surface area contributed by atoms with Crippen molar-refractivity contribution in [2.24, 2.45) is 5.73 Å². The van der Waals surface area contributed by atoms with Crippen molar-refractivity contribution in [3.8, 4) is 0 Å². The number of benzene rings is 1. The van der Waals surface area contributed by atoms with E-state index in [0.29, 0.717) is 12.1 Å². The molecule has 1 aromatic carbocycles. The fraction of sp³-hybridized carbons (Fsp3) is 0.385. The highest BCUT2D eigenvalue weighted by Gasteiger charge is 2.14. The second kappa shape index (κ2) is 7.54. The van der Waals surface area contributed by atoms with Gasteiger partial charge in [-0.3, -0.25) is 9.59 Å². The molecule has 0 spiro atoms. The minimum Gasteiger partial charge on any atom is -0.346 e.